The Balaban J connectivity index is 1.70. The van der Waals surface area contributed by atoms with Crippen LogP contribution in [-0.4, -0.2) is 35.8 Å². The van der Waals surface area contributed by atoms with Crippen molar-refractivity contribution >= 4 is 22.5 Å². The molecule has 0 unspecified atom stereocenters. The van der Waals surface area contributed by atoms with E-state index in [1.807, 2.05) is 67.6 Å². The predicted molar refractivity (Wildman–Crippen MR) is 141 cm³/mol. The number of benzene rings is 3. The number of carbonyl (C=O) groups excluding carboxylic acids is 1. The van der Waals surface area contributed by atoms with E-state index < -0.39 is 0 Å². The van der Waals surface area contributed by atoms with Gasteiger partial charge < -0.3 is 14.5 Å². The van der Waals surface area contributed by atoms with Gasteiger partial charge in [-0.3, -0.25) is 9.59 Å². The third-order valence-corrected chi connectivity index (χ3v) is 6.55. The van der Waals surface area contributed by atoms with Crippen LogP contribution in [0, 0.1) is 6.92 Å². The molecule has 0 spiro atoms. The zero-order chi connectivity index (χ0) is 25.4. The van der Waals surface area contributed by atoms with Crippen molar-refractivity contribution in [2.75, 3.05) is 14.2 Å². The van der Waals surface area contributed by atoms with Crippen molar-refractivity contribution < 1.29 is 14.3 Å². The number of aryl methyl sites for hydroxylation is 1. The summed E-state index contributed by atoms with van der Waals surface area (Å²) in [7, 11) is 3.15. The van der Waals surface area contributed by atoms with Gasteiger partial charge in [0.25, 0.3) is 5.56 Å². The van der Waals surface area contributed by atoms with E-state index in [2.05, 4.69) is 11.1 Å². The summed E-state index contributed by atoms with van der Waals surface area (Å²) < 4.78 is 10.8. The number of aromatic nitrogens is 1. The van der Waals surface area contributed by atoms with Crippen LogP contribution in [0.1, 0.15) is 36.1 Å². The first-order valence-electron chi connectivity index (χ1n) is 11.7. The SMILES string of the molecule is COc1ccc([C@H]2CC(c3c(-c4ccccc4)c4cc(C)ccc4[nH]c3=O)=NN2C(C)=O)cc1OC. The number of amides is 1. The number of nitrogens with one attached hydrogen (secondary N) is 1. The summed E-state index contributed by atoms with van der Waals surface area (Å²) in [6.07, 6.45) is 0.384. The third kappa shape index (κ3) is 4.02. The molecule has 1 atom stereocenters. The van der Waals surface area contributed by atoms with Crippen LogP contribution in [0.2, 0.25) is 0 Å². The Labute approximate surface area is 209 Å². The van der Waals surface area contributed by atoms with Gasteiger partial charge in [0.2, 0.25) is 5.91 Å². The standard InChI is InChI=1S/C29H27N3O4/c1-17-10-12-22-21(14-17)27(19-8-6-5-7-9-19)28(29(34)30-22)23-16-24(32(31-23)18(2)33)20-11-13-25(35-3)26(15-20)36-4/h5-15,24H,16H2,1-4H3,(H,30,34)/t24-/m1/s1. The highest BCUT2D eigenvalue weighted by Crippen LogP contribution is 2.39. The number of fused-ring (bicyclic) bond motifs is 1. The van der Waals surface area contributed by atoms with Crippen molar-refractivity contribution in [1.82, 2.24) is 9.99 Å². The smallest absolute Gasteiger partial charge is 0.258 e. The first-order chi connectivity index (χ1) is 17.4. The molecule has 7 nitrogen and oxygen atoms in total. The highest BCUT2D eigenvalue weighted by atomic mass is 16.5. The summed E-state index contributed by atoms with van der Waals surface area (Å²) in [6, 6.07) is 21.0. The van der Waals surface area contributed by atoms with Crippen LogP contribution in [-0.2, 0) is 4.79 Å². The lowest BCUT2D eigenvalue weighted by Crippen LogP contribution is -2.24. The average Bonchev–Trinajstić information content (AvgIpc) is 3.33. The lowest BCUT2D eigenvalue weighted by atomic mass is 9.90. The molecule has 1 amide bonds. The fourth-order valence-electron chi connectivity index (χ4n) is 4.86. The van der Waals surface area contributed by atoms with Gasteiger partial charge in [-0.15, -0.1) is 0 Å². The molecule has 4 aromatic rings. The van der Waals surface area contributed by atoms with Crippen molar-refractivity contribution in [3.63, 3.8) is 0 Å². The molecule has 1 aliphatic rings. The fourth-order valence-corrected chi connectivity index (χ4v) is 4.86. The number of carbonyl (C=O) groups is 1. The van der Waals surface area contributed by atoms with Crippen molar-refractivity contribution in [2.45, 2.75) is 26.3 Å². The van der Waals surface area contributed by atoms with E-state index in [0.29, 0.717) is 29.2 Å². The highest BCUT2D eigenvalue weighted by Gasteiger charge is 2.34. The van der Waals surface area contributed by atoms with Crippen LogP contribution in [0.5, 0.6) is 11.5 Å². The van der Waals surface area contributed by atoms with Gasteiger partial charge in [-0.2, -0.15) is 5.10 Å². The van der Waals surface area contributed by atoms with Gasteiger partial charge in [0.15, 0.2) is 11.5 Å². The zero-order valence-electron chi connectivity index (χ0n) is 20.7. The van der Waals surface area contributed by atoms with E-state index in [-0.39, 0.29) is 17.5 Å². The topological polar surface area (TPSA) is 84.0 Å². The lowest BCUT2D eigenvalue weighted by Gasteiger charge is -2.21. The molecule has 0 saturated carbocycles. The number of hydrogen-bond acceptors (Lipinski definition) is 5. The molecule has 7 heteroatoms. The molecular weight excluding hydrogens is 454 g/mol. The molecule has 0 aliphatic carbocycles. The molecule has 0 bridgehead atoms. The number of pyridine rings is 1. The third-order valence-electron chi connectivity index (χ3n) is 6.55. The number of nitrogens with zero attached hydrogens (tertiary/aromatic N) is 2. The lowest BCUT2D eigenvalue weighted by molar-refractivity contribution is -0.130. The summed E-state index contributed by atoms with van der Waals surface area (Å²) in [6.45, 7) is 3.50. The van der Waals surface area contributed by atoms with Gasteiger partial charge in [0.05, 0.1) is 31.5 Å². The van der Waals surface area contributed by atoms with Crippen LogP contribution in [0.25, 0.3) is 22.0 Å². The van der Waals surface area contributed by atoms with E-state index in [0.717, 1.165) is 33.2 Å². The summed E-state index contributed by atoms with van der Waals surface area (Å²) in [5.74, 6) is 0.956. The monoisotopic (exact) mass is 481 g/mol. The highest BCUT2D eigenvalue weighted by molar-refractivity contribution is 6.12. The van der Waals surface area contributed by atoms with Gasteiger partial charge in [0, 0.05) is 29.8 Å². The maximum atomic E-state index is 13.5. The zero-order valence-corrected chi connectivity index (χ0v) is 20.7. The first-order valence-corrected chi connectivity index (χ1v) is 11.7. The molecule has 1 aliphatic heterocycles. The second kappa shape index (κ2) is 9.34. The van der Waals surface area contributed by atoms with E-state index in [4.69, 9.17) is 14.6 Å². The van der Waals surface area contributed by atoms with Crippen molar-refractivity contribution in [3.05, 3.63) is 93.8 Å². The number of rotatable bonds is 5. The molecule has 1 N–H and O–H groups in total. The van der Waals surface area contributed by atoms with Crippen LogP contribution < -0.4 is 15.0 Å². The Morgan fingerprint density at radius 3 is 2.42 bits per heavy atom. The Morgan fingerprint density at radius 1 is 0.972 bits per heavy atom. The minimum Gasteiger partial charge on any atom is -0.493 e. The predicted octanol–water partition coefficient (Wildman–Crippen LogP) is 5.22. The number of ether oxygens (including phenoxy) is 2. The second-order valence-electron chi connectivity index (χ2n) is 8.86. The van der Waals surface area contributed by atoms with Gasteiger partial charge in [-0.05, 0) is 42.3 Å². The summed E-state index contributed by atoms with van der Waals surface area (Å²) in [5.41, 5.74) is 5.22. The molecule has 36 heavy (non-hydrogen) atoms. The summed E-state index contributed by atoms with van der Waals surface area (Å²) in [5, 5.41) is 7.08. The quantitative estimate of drug-likeness (QED) is 0.424. The molecular formula is C29H27N3O4. The van der Waals surface area contributed by atoms with E-state index in [9.17, 15) is 9.59 Å². The van der Waals surface area contributed by atoms with Crippen molar-refractivity contribution in [2.24, 2.45) is 5.10 Å². The molecule has 1 aromatic heterocycles. The van der Waals surface area contributed by atoms with Gasteiger partial charge in [0.1, 0.15) is 0 Å². The van der Waals surface area contributed by atoms with Crippen LogP contribution >= 0.6 is 0 Å². The molecule has 3 aromatic carbocycles. The minimum atomic E-state index is -0.381. The number of H-pyrrole nitrogens is 1. The summed E-state index contributed by atoms with van der Waals surface area (Å²) in [4.78, 5) is 29.2. The maximum Gasteiger partial charge on any atom is 0.258 e. The van der Waals surface area contributed by atoms with Crippen molar-refractivity contribution in [1.29, 1.82) is 0 Å². The van der Waals surface area contributed by atoms with Crippen LogP contribution in [0.15, 0.2) is 76.6 Å². The second-order valence-corrected chi connectivity index (χ2v) is 8.86. The van der Waals surface area contributed by atoms with Crippen molar-refractivity contribution in [3.8, 4) is 22.6 Å². The number of aromatic amines is 1. The normalized spacial score (nSPS) is 15.2. The van der Waals surface area contributed by atoms with Gasteiger partial charge >= 0.3 is 0 Å². The van der Waals surface area contributed by atoms with Gasteiger partial charge in [-0.1, -0.05) is 48.0 Å². The molecule has 182 valence electrons. The number of hydrazone groups is 1. The molecule has 0 saturated heterocycles. The van der Waals surface area contributed by atoms with E-state index in [1.165, 1.54) is 11.9 Å². The molecule has 0 radical (unpaired) electrons. The first kappa shape index (κ1) is 23.4. The minimum absolute atomic E-state index is 0.209. The molecule has 5 rings (SSSR count). The maximum absolute atomic E-state index is 13.5. The van der Waals surface area contributed by atoms with E-state index in [1.54, 1.807) is 14.2 Å². The van der Waals surface area contributed by atoms with Crippen LogP contribution in [0.3, 0.4) is 0 Å². The average molecular weight is 482 g/mol. The molecule has 0 fully saturated rings. The Hall–Kier alpha value is -4.39. The van der Waals surface area contributed by atoms with Crippen LogP contribution in [0.4, 0.5) is 0 Å². The molecule has 2 heterocycles. The number of hydrogen-bond donors (Lipinski definition) is 1. The Morgan fingerprint density at radius 2 is 1.72 bits per heavy atom. The Bertz CT molecular complexity index is 1560. The number of methoxy groups -OCH3 is 2. The summed E-state index contributed by atoms with van der Waals surface area (Å²) >= 11 is 0. The van der Waals surface area contributed by atoms with E-state index >= 15 is 0 Å². The Kier molecular flexibility index (Phi) is 6.06. The van der Waals surface area contributed by atoms with Gasteiger partial charge in [-0.25, -0.2) is 5.01 Å². The fraction of sp³-hybridized carbons (Fsp3) is 0.207. The largest absolute Gasteiger partial charge is 0.493 e.